The van der Waals surface area contributed by atoms with Gasteiger partial charge in [-0.05, 0) is 46.3 Å². The molecule has 1 aromatic carbocycles. The Kier molecular flexibility index (Phi) is 5.97. The maximum Gasteiger partial charge on any atom is 0.435 e. The molecule has 0 heterocycles. The van der Waals surface area contributed by atoms with Crippen LogP contribution in [0, 0.1) is 6.92 Å². The zero-order valence-corrected chi connectivity index (χ0v) is 12.8. The second-order valence-electron chi connectivity index (χ2n) is 4.86. The fraction of sp³-hybridized carbons (Fsp3) is 0.375. The maximum atomic E-state index is 12.1. The van der Waals surface area contributed by atoms with Gasteiger partial charge in [0.2, 0.25) is 0 Å². The summed E-state index contributed by atoms with van der Waals surface area (Å²) in [5.74, 6) is 0.563. The van der Waals surface area contributed by atoms with Crippen LogP contribution < -0.4 is 0 Å². The number of hydrogen-bond donors (Lipinski definition) is 0. The number of nitrogens with zero attached hydrogens (tertiary/aromatic N) is 2. The van der Waals surface area contributed by atoms with Crippen molar-refractivity contribution in [2.24, 2.45) is 5.10 Å². The summed E-state index contributed by atoms with van der Waals surface area (Å²) in [5, 5.41) is 5.57. The van der Waals surface area contributed by atoms with Gasteiger partial charge in [-0.3, -0.25) is 0 Å². The van der Waals surface area contributed by atoms with Crippen molar-refractivity contribution in [2.45, 2.75) is 41.2 Å². The van der Waals surface area contributed by atoms with E-state index in [1.807, 2.05) is 52.0 Å². The van der Waals surface area contributed by atoms with Crippen molar-refractivity contribution in [3.8, 4) is 0 Å². The highest BCUT2D eigenvalue weighted by atomic mass is 16.6. The third kappa shape index (κ3) is 5.26. The first kappa shape index (κ1) is 16.0. The first-order chi connectivity index (χ1) is 9.42. The first-order valence-corrected chi connectivity index (χ1v) is 6.62. The molecule has 0 aliphatic carbocycles. The number of rotatable bonds is 4. The van der Waals surface area contributed by atoms with Crippen LogP contribution in [0.25, 0.3) is 0 Å². The monoisotopic (exact) mass is 274 g/mol. The number of amides is 1. The van der Waals surface area contributed by atoms with Gasteiger partial charge in [0, 0.05) is 5.71 Å². The van der Waals surface area contributed by atoms with E-state index >= 15 is 0 Å². The van der Waals surface area contributed by atoms with Crippen molar-refractivity contribution < 1.29 is 9.53 Å². The quantitative estimate of drug-likeness (QED) is 0.468. The van der Waals surface area contributed by atoms with E-state index in [0.29, 0.717) is 12.3 Å². The molecule has 0 aromatic heterocycles. The number of ether oxygens (including phenoxy) is 1. The normalized spacial score (nSPS) is 10.9. The van der Waals surface area contributed by atoms with E-state index < -0.39 is 6.09 Å². The molecular formula is C16H22N2O2. The van der Waals surface area contributed by atoms with Gasteiger partial charge in [0.05, 0.1) is 6.54 Å². The van der Waals surface area contributed by atoms with Crippen LogP contribution in [0.4, 0.5) is 4.79 Å². The van der Waals surface area contributed by atoms with E-state index in [9.17, 15) is 4.79 Å². The minimum absolute atomic E-state index is 0.390. The van der Waals surface area contributed by atoms with Crippen molar-refractivity contribution >= 4 is 11.8 Å². The second-order valence-corrected chi connectivity index (χ2v) is 4.86. The molecule has 0 radical (unpaired) electrons. The smallest absolute Gasteiger partial charge is 0.414 e. The van der Waals surface area contributed by atoms with E-state index in [1.54, 1.807) is 13.0 Å². The van der Waals surface area contributed by atoms with Crippen LogP contribution in [0.2, 0.25) is 0 Å². The zero-order chi connectivity index (χ0) is 15.1. The average Bonchev–Trinajstić information content (AvgIpc) is 2.39. The summed E-state index contributed by atoms with van der Waals surface area (Å²) < 4.78 is 5.20. The summed E-state index contributed by atoms with van der Waals surface area (Å²) in [6.45, 7) is 9.67. The van der Waals surface area contributed by atoms with Crippen molar-refractivity contribution in [1.29, 1.82) is 0 Å². The first-order valence-electron chi connectivity index (χ1n) is 6.62. The molecular weight excluding hydrogens is 252 g/mol. The molecule has 0 saturated carbocycles. The van der Waals surface area contributed by atoms with Crippen LogP contribution in [0.5, 0.6) is 0 Å². The third-order valence-electron chi connectivity index (χ3n) is 2.64. The Labute approximate surface area is 120 Å². The standard InChI is InChI=1S/C16H22N2O2/c1-6-14(5)20-16(19)18(17-12(2)3)11-15-9-7-13(4)8-10-15/h6-10H,11H2,1-5H3/b14-6+. The van der Waals surface area contributed by atoms with Gasteiger partial charge < -0.3 is 4.74 Å². The summed E-state index contributed by atoms with van der Waals surface area (Å²) in [7, 11) is 0. The summed E-state index contributed by atoms with van der Waals surface area (Å²) in [6.07, 6.45) is 1.27. The zero-order valence-electron chi connectivity index (χ0n) is 12.8. The van der Waals surface area contributed by atoms with Gasteiger partial charge in [-0.25, -0.2) is 4.79 Å². The van der Waals surface area contributed by atoms with Gasteiger partial charge in [-0.1, -0.05) is 29.8 Å². The number of hydrogen-bond acceptors (Lipinski definition) is 3. The molecule has 1 aromatic rings. The van der Waals surface area contributed by atoms with E-state index in [2.05, 4.69) is 5.10 Å². The van der Waals surface area contributed by atoms with Crippen LogP contribution in [0.3, 0.4) is 0 Å². The molecule has 0 atom stereocenters. The van der Waals surface area contributed by atoms with Crippen LogP contribution in [-0.4, -0.2) is 16.8 Å². The number of allylic oxidation sites excluding steroid dienone is 2. The highest BCUT2D eigenvalue weighted by molar-refractivity contribution is 5.80. The molecule has 0 bridgehead atoms. The van der Waals surface area contributed by atoms with Gasteiger partial charge in [0.15, 0.2) is 0 Å². The summed E-state index contributed by atoms with van der Waals surface area (Å²) in [4.78, 5) is 12.1. The Balaban J connectivity index is 2.87. The predicted octanol–water partition coefficient (Wildman–Crippen LogP) is 4.25. The minimum Gasteiger partial charge on any atom is -0.414 e. The summed E-state index contributed by atoms with van der Waals surface area (Å²) >= 11 is 0. The van der Waals surface area contributed by atoms with Gasteiger partial charge in [0.25, 0.3) is 0 Å². The second kappa shape index (κ2) is 7.48. The molecule has 0 fully saturated rings. The molecule has 4 nitrogen and oxygen atoms in total. The predicted molar refractivity (Wildman–Crippen MR) is 81.4 cm³/mol. The molecule has 0 aliphatic heterocycles. The average molecular weight is 274 g/mol. The lowest BCUT2D eigenvalue weighted by Crippen LogP contribution is -2.26. The fourth-order valence-electron chi connectivity index (χ4n) is 1.50. The molecule has 1 rings (SSSR count). The Morgan fingerprint density at radius 1 is 1.25 bits per heavy atom. The van der Waals surface area contributed by atoms with Crippen molar-refractivity contribution in [3.63, 3.8) is 0 Å². The van der Waals surface area contributed by atoms with Crippen molar-refractivity contribution in [3.05, 3.63) is 47.2 Å². The highest BCUT2D eigenvalue weighted by Crippen LogP contribution is 2.10. The van der Waals surface area contributed by atoms with Crippen LogP contribution in [0.15, 0.2) is 41.2 Å². The minimum atomic E-state index is -0.470. The van der Waals surface area contributed by atoms with E-state index in [1.165, 1.54) is 10.6 Å². The van der Waals surface area contributed by atoms with E-state index in [4.69, 9.17) is 4.74 Å². The molecule has 0 spiro atoms. The number of carbonyl (C=O) groups excluding carboxylic acids is 1. The Morgan fingerprint density at radius 3 is 2.35 bits per heavy atom. The topological polar surface area (TPSA) is 41.9 Å². The molecule has 0 N–H and O–H groups in total. The lowest BCUT2D eigenvalue weighted by atomic mass is 10.1. The van der Waals surface area contributed by atoms with Crippen molar-refractivity contribution in [2.75, 3.05) is 0 Å². The lowest BCUT2D eigenvalue weighted by molar-refractivity contribution is 0.127. The lowest BCUT2D eigenvalue weighted by Gasteiger charge is -2.17. The van der Waals surface area contributed by atoms with Gasteiger partial charge in [-0.15, -0.1) is 0 Å². The summed E-state index contributed by atoms with van der Waals surface area (Å²) in [6, 6.07) is 7.99. The van der Waals surface area contributed by atoms with Gasteiger partial charge in [-0.2, -0.15) is 10.1 Å². The Morgan fingerprint density at radius 2 is 1.85 bits per heavy atom. The number of benzene rings is 1. The molecule has 0 saturated heterocycles. The fourth-order valence-corrected chi connectivity index (χ4v) is 1.50. The van der Waals surface area contributed by atoms with Crippen LogP contribution >= 0.6 is 0 Å². The Bertz CT molecular complexity index is 512. The summed E-state index contributed by atoms with van der Waals surface area (Å²) in [5.41, 5.74) is 2.99. The Hall–Kier alpha value is -2.10. The van der Waals surface area contributed by atoms with Crippen LogP contribution in [-0.2, 0) is 11.3 Å². The number of carbonyl (C=O) groups is 1. The molecule has 1 amide bonds. The largest absolute Gasteiger partial charge is 0.435 e. The highest BCUT2D eigenvalue weighted by Gasteiger charge is 2.15. The van der Waals surface area contributed by atoms with Crippen molar-refractivity contribution in [1.82, 2.24) is 5.01 Å². The maximum absolute atomic E-state index is 12.1. The van der Waals surface area contributed by atoms with Gasteiger partial charge in [0.1, 0.15) is 5.76 Å². The number of hydrazone groups is 1. The third-order valence-corrected chi connectivity index (χ3v) is 2.64. The van der Waals surface area contributed by atoms with Crippen LogP contribution in [0.1, 0.15) is 38.8 Å². The van der Waals surface area contributed by atoms with E-state index in [-0.39, 0.29) is 0 Å². The molecule has 0 unspecified atom stereocenters. The SMILES string of the molecule is C/C=C(\C)OC(=O)N(Cc1ccc(C)cc1)N=C(C)C. The molecule has 108 valence electrons. The number of aryl methyl sites for hydroxylation is 1. The van der Waals surface area contributed by atoms with Gasteiger partial charge >= 0.3 is 6.09 Å². The molecule has 20 heavy (non-hydrogen) atoms. The molecule has 0 aliphatic rings. The van der Waals surface area contributed by atoms with E-state index in [0.717, 1.165) is 11.3 Å². The molecule has 4 heteroatoms.